The number of anilines is 1. The molecule has 9 heteroatoms. The van der Waals surface area contributed by atoms with Gasteiger partial charge in [0.25, 0.3) is 0 Å². The third-order valence-electron chi connectivity index (χ3n) is 6.34. The first kappa shape index (κ1) is 23.5. The van der Waals surface area contributed by atoms with Crippen LogP contribution >= 0.6 is 15.9 Å². The minimum atomic E-state index is -0.457. The molecule has 2 aliphatic rings. The van der Waals surface area contributed by atoms with Gasteiger partial charge in [0.2, 0.25) is 5.95 Å². The van der Waals surface area contributed by atoms with Gasteiger partial charge < -0.3 is 14.8 Å². The average Bonchev–Trinajstić information content (AvgIpc) is 3.25. The molecule has 0 amide bonds. The molecule has 0 bridgehead atoms. The van der Waals surface area contributed by atoms with Gasteiger partial charge in [-0.3, -0.25) is 4.79 Å². The molecule has 3 aromatic rings. The molecule has 1 aliphatic heterocycles. The number of nitrogens with zero attached hydrogens (tertiary/aromatic N) is 4. The fourth-order valence-corrected chi connectivity index (χ4v) is 5.34. The summed E-state index contributed by atoms with van der Waals surface area (Å²) < 4.78 is 14.6. The molecule has 1 unspecified atom stereocenters. The van der Waals surface area contributed by atoms with Crippen LogP contribution in [0.4, 0.5) is 5.95 Å². The number of benzene rings is 2. The second-order valence-electron chi connectivity index (χ2n) is 9.85. The van der Waals surface area contributed by atoms with Crippen molar-refractivity contribution >= 4 is 27.7 Å². The highest BCUT2D eigenvalue weighted by molar-refractivity contribution is 9.10. The van der Waals surface area contributed by atoms with Crippen molar-refractivity contribution in [3.05, 3.63) is 68.8 Å². The maximum Gasteiger partial charge on any atom is 0.248 e. The number of fused-ring (bicyclic) bond motifs is 1. The van der Waals surface area contributed by atoms with E-state index in [4.69, 9.17) is 9.47 Å². The first-order chi connectivity index (χ1) is 16.8. The lowest BCUT2D eigenvalue weighted by atomic mass is 9.73. The van der Waals surface area contributed by atoms with Crippen LogP contribution in [0.5, 0.6) is 11.5 Å². The smallest absolute Gasteiger partial charge is 0.248 e. The lowest BCUT2D eigenvalue weighted by Gasteiger charge is -2.38. The van der Waals surface area contributed by atoms with Gasteiger partial charge >= 0.3 is 0 Å². The molecule has 35 heavy (non-hydrogen) atoms. The molecule has 0 fully saturated rings. The zero-order valence-electron chi connectivity index (χ0n) is 20.3. The van der Waals surface area contributed by atoms with Crippen LogP contribution in [0.3, 0.4) is 0 Å². The number of aryl methyl sites for hydroxylation is 1. The van der Waals surface area contributed by atoms with Crippen LogP contribution in [-0.4, -0.2) is 32.6 Å². The molecule has 2 aromatic carbocycles. The maximum absolute atomic E-state index is 13.4. The molecule has 1 atom stereocenters. The molecule has 8 nitrogen and oxygen atoms in total. The van der Waals surface area contributed by atoms with Crippen LogP contribution < -0.4 is 14.8 Å². The Bertz CT molecular complexity index is 1310. The predicted molar refractivity (Wildman–Crippen MR) is 135 cm³/mol. The number of rotatable bonds is 6. The Kier molecular flexibility index (Phi) is 6.13. The number of hydrogen-bond donors (Lipinski definition) is 1. The number of Topliss-reactive ketones (excluding diaryl/α,β-unsaturated/α-hetero) is 1. The highest BCUT2D eigenvalue weighted by Crippen LogP contribution is 2.47. The summed E-state index contributed by atoms with van der Waals surface area (Å²) in [5.41, 5.74) is 4.56. The van der Waals surface area contributed by atoms with E-state index in [0.717, 1.165) is 27.7 Å². The van der Waals surface area contributed by atoms with E-state index >= 15 is 0 Å². The molecule has 0 saturated carbocycles. The van der Waals surface area contributed by atoms with Crippen molar-refractivity contribution in [1.29, 1.82) is 0 Å². The van der Waals surface area contributed by atoms with Crippen molar-refractivity contribution in [2.45, 2.75) is 53.2 Å². The minimum Gasteiger partial charge on any atom is -0.490 e. The van der Waals surface area contributed by atoms with Crippen molar-refractivity contribution in [1.82, 2.24) is 20.2 Å². The fourth-order valence-electron chi connectivity index (χ4n) is 4.77. The van der Waals surface area contributed by atoms with Gasteiger partial charge in [-0.25, -0.2) is 0 Å². The second-order valence-corrected chi connectivity index (χ2v) is 10.7. The Morgan fingerprint density at radius 2 is 1.94 bits per heavy atom. The molecule has 0 radical (unpaired) electrons. The molecule has 2 heterocycles. The van der Waals surface area contributed by atoms with E-state index < -0.39 is 6.04 Å². The molecule has 1 N–H and O–H groups in total. The average molecular weight is 538 g/mol. The topological polar surface area (TPSA) is 91.2 Å². The van der Waals surface area contributed by atoms with Gasteiger partial charge in [-0.2, -0.15) is 4.68 Å². The van der Waals surface area contributed by atoms with Crippen LogP contribution in [0, 0.1) is 12.3 Å². The van der Waals surface area contributed by atoms with Crippen molar-refractivity contribution in [3.63, 3.8) is 0 Å². The van der Waals surface area contributed by atoms with Gasteiger partial charge in [-0.05, 0) is 75.3 Å². The van der Waals surface area contributed by atoms with Crippen LogP contribution in [0.1, 0.15) is 56.3 Å². The summed E-state index contributed by atoms with van der Waals surface area (Å²) in [7, 11) is 0. The molecule has 1 aliphatic carbocycles. The Balaban J connectivity index is 1.55. The number of carbonyl (C=O) groups excluding carboxylic acids is 1. The van der Waals surface area contributed by atoms with Crippen molar-refractivity contribution in [3.8, 4) is 11.5 Å². The molecule has 0 spiro atoms. The van der Waals surface area contributed by atoms with Gasteiger partial charge in [0.15, 0.2) is 17.3 Å². The molecule has 182 valence electrons. The highest BCUT2D eigenvalue weighted by atomic mass is 79.9. The van der Waals surface area contributed by atoms with Crippen LogP contribution in [0.15, 0.2) is 52.1 Å². The first-order valence-electron chi connectivity index (χ1n) is 11.7. The van der Waals surface area contributed by atoms with E-state index in [9.17, 15) is 4.79 Å². The first-order valence-corrected chi connectivity index (χ1v) is 12.5. The van der Waals surface area contributed by atoms with E-state index in [2.05, 4.69) is 81.8 Å². The third kappa shape index (κ3) is 4.57. The standard InChI is InChI=1S/C26H28BrN5O3/c1-5-34-21-11-17(10-18(27)24(21)35-14-16-8-6-15(2)7-9-16)23-22-19(12-26(3,4)13-20(22)33)28-25-29-30-31-32(23)25/h6-11,23H,5,12-14H2,1-4H3,(H,28,29,31). The summed E-state index contributed by atoms with van der Waals surface area (Å²) in [4.78, 5) is 13.4. The summed E-state index contributed by atoms with van der Waals surface area (Å²) in [6.07, 6.45) is 1.22. The number of hydrogen-bond acceptors (Lipinski definition) is 7. The van der Waals surface area contributed by atoms with E-state index in [0.29, 0.717) is 42.7 Å². The minimum absolute atomic E-state index is 0.101. The van der Waals surface area contributed by atoms with Gasteiger partial charge in [-0.15, -0.1) is 0 Å². The highest BCUT2D eigenvalue weighted by Gasteiger charge is 2.42. The summed E-state index contributed by atoms with van der Waals surface area (Å²) in [5.74, 6) is 1.84. The summed E-state index contributed by atoms with van der Waals surface area (Å²) >= 11 is 3.69. The lowest BCUT2D eigenvalue weighted by Crippen LogP contribution is -2.36. The number of nitrogens with one attached hydrogen (secondary N) is 1. The van der Waals surface area contributed by atoms with Crippen molar-refractivity contribution in [2.24, 2.45) is 5.41 Å². The molecule has 1 aromatic heterocycles. The molecular weight excluding hydrogens is 510 g/mol. The Morgan fingerprint density at radius 3 is 2.69 bits per heavy atom. The van der Waals surface area contributed by atoms with Crippen LogP contribution in [-0.2, 0) is 11.4 Å². The van der Waals surface area contributed by atoms with Crippen LogP contribution in [0.2, 0.25) is 0 Å². The summed E-state index contributed by atoms with van der Waals surface area (Å²) in [5, 5.41) is 15.5. The Hall–Kier alpha value is -3.20. The fraction of sp³-hybridized carbons (Fsp3) is 0.385. The SMILES string of the molecule is CCOc1cc(C2C3=C(CC(C)(C)CC3=O)Nc3nnnn32)cc(Br)c1OCc1ccc(C)cc1. The van der Waals surface area contributed by atoms with E-state index in [1.165, 1.54) is 5.56 Å². The lowest BCUT2D eigenvalue weighted by molar-refractivity contribution is -0.118. The van der Waals surface area contributed by atoms with Gasteiger partial charge in [0.05, 0.1) is 11.1 Å². The van der Waals surface area contributed by atoms with Crippen molar-refractivity contribution in [2.75, 3.05) is 11.9 Å². The number of aromatic nitrogens is 4. The second kappa shape index (κ2) is 9.11. The van der Waals surface area contributed by atoms with Gasteiger partial charge in [0.1, 0.15) is 12.6 Å². The Morgan fingerprint density at radius 1 is 1.17 bits per heavy atom. The normalized spacial score (nSPS) is 18.5. The van der Waals surface area contributed by atoms with Crippen molar-refractivity contribution < 1.29 is 14.3 Å². The predicted octanol–water partition coefficient (Wildman–Crippen LogP) is 5.38. The summed E-state index contributed by atoms with van der Waals surface area (Å²) in [6, 6.07) is 11.7. The number of ketones is 1. The van der Waals surface area contributed by atoms with Crippen LogP contribution in [0.25, 0.3) is 0 Å². The van der Waals surface area contributed by atoms with Gasteiger partial charge in [0, 0.05) is 17.7 Å². The van der Waals surface area contributed by atoms with E-state index in [1.54, 1.807) is 4.68 Å². The largest absolute Gasteiger partial charge is 0.490 e. The zero-order valence-corrected chi connectivity index (χ0v) is 21.8. The zero-order chi connectivity index (χ0) is 24.7. The number of allylic oxidation sites excluding steroid dienone is 2. The Labute approximate surface area is 212 Å². The molecule has 0 saturated heterocycles. The quantitative estimate of drug-likeness (QED) is 0.451. The number of ether oxygens (including phenoxy) is 2. The molecule has 5 rings (SSSR count). The number of carbonyl (C=O) groups is 1. The summed E-state index contributed by atoms with van der Waals surface area (Å²) in [6.45, 7) is 9.08. The van der Waals surface area contributed by atoms with E-state index in [-0.39, 0.29) is 11.2 Å². The molecular formula is C26H28BrN5O3. The van der Waals surface area contributed by atoms with E-state index in [1.807, 2.05) is 19.1 Å². The monoisotopic (exact) mass is 537 g/mol. The third-order valence-corrected chi connectivity index (χ3v) is 6.93. The number of tetrazole rings is 1. The number of halogens is 1. The maximum atomic E-state index is 13.4. The van der Waals surface area contributed by atoms with Gasteiger partial charge in [-0.1, -0.05) is 48.8 Å².